The van der Waals surface area contributed by atoms with Gasteiger partial charge in [0.05, 0.1) is 12.6 Å². The number of fused-ring (bicyclic) bond motifs is 3. The number of nitrogens with one attached hydrogen (secondary N) is 1. The lowest BCUT2D eigenvalue weighted by molar-refractivity contribution is -0.137. The smallest absolute Gasteiger partial charge is 0.332 e. The van der Waals surface area contributed by atoms with Gasteiger partial charge in [0.1, 0.15) is 5.60 Å². The van der Waals surface area contributed by atoms with Gasteiger partial charge in [-0.15, -0.1) is 0 Å². The summed E-state index contributed by atoms with van der Waals surface area (Å²) in [5.41, 5.74) is 2.01. The Hall–Kier alpha value is -1.81. The second kappa shape index (κ2) is 4.38. The van der Waals surface area contributed by atoms with Gasteiger partial charge in [-0.1, -0.05) is 24.3 Å². The van der Waals surface area contributed by atoms with Gasteiger partial charge in [-0.2, -0.15) is 0 Å². The van der Waals surface area contributed by atoms with E-state index in [1.807, 2.05) is 24.3 Å². The molecule has 4 nitrogen and oxygen atoms in total. The highest BCUT2D eigenvalue weighted by atomic mass is 16.5. The normalized spacial score (nSPS) is 29.8. The van der Waals surface area contributed by atoms with Gasteiger partial charge in [0.15, 0.2) is 0 Å². The molecule has 0 spiro atoms. The standard InChI is InChI=1S/C15H17NO3/c1-2-19-14(17)8-11-9-15(18)12-6-4-3-5-10(12)7-13(15)16-11/h3-6,8,13,16,18H,2,7,9H2,1H3/b11-8-. The Kier molecular flexibility index (Phi) is 2.82. The fourth-order valence-electron chi connectivity index (χ4n) is 3.07. The maximum absolute atomic E-state index is 11.4. The summed E-state index contributed by atoms with van der Waals surface area (Å²) in [4.78, 5) is 11.4. The fourth-order valence-corrected chi connectivity index (χ4v) is 3.07. The SMILES string of the molecule is CCOC(=O)/C=C1/CC2(O)c3ccccc3CC2N1. The zero-order valence-corrected chi connectivity index (χ0v) is 10.8. The molecule has 1 heterocycles. The molecule has 1 aromatic rings. The van der Waals surface area contributed by atoms with Crippen LogP contribution in [0.15, 0.2) is 36.0 Å². The first-order chi connectivity index (χ1) is 9.13. The van der Waals surface area contributed by atoms with Crippen LogP contribution in [-0.4, -0.2) is 23.7 Å². The number of carbonyl (C=O) groups is 1. The van der Waals surface area contributed by atoms with E-state index in [9.17, 15) is 9.90 Å². The van der Waals surface area contributed by atoms with Crippen molar-refractivity contribution in [1.29, 1.82) is 0 Å². The number of ether oxygens (including phenoxy) is 1. The third-order valence-corrected chi connectivity index (χ3v) is 3.88. The molecule has 100 valence electrons. The maximum Gasteiger partial charge on any atom is 0.332 e. The van der Waals surface area contributed by atoms with E-state index in [1.54, 1.807) is 6.92 Å². The molecule has 1 saturated heterocycles. The first-order valence-corrected chi connectivity index (χ1v) is 6.58. The van der Waals surface area contributed by atoms with Crippen molar-refractivity contribution in [2.45, 2.75) is 31.4 Å². The summed E-state index contributed by atoms with van der Waals surface area (Å²) >= 11 is 0. The van der Waals surface area contributed by atoms with Crippen LogP contribution in [0, 0.1) is 0 Å². The number of benzene rings is 1. The monoisotopic (exact) mass is 259 g/mol. The zero-order valence-electron chi connectivity index (χ0n) is 10.8. The van der Waals surface area contributed by atoms with E-state index in [0.717, 1.165) is 17.7 Å². The average molecular weight is 259 g/mol. The van der Waals surface area contributed by atoms with Crippen LogP contribution in [0.2, 0.25) is 0 Å². The summed E-state index contributed by atoms with van der Waals surface area (Å²) in [7, 11) is 0. The molecule has 0 saturated carbocycles. The molecule has 1 aliphatic carbocycles. The molecule has 4 heteroatoms. The van der Waals surface area contributed by atoms with Gasteiger partial charge >= 0.3 is 5.97 Å². The number of aliphatic hydroxyl groups is 1. The summed E-state index contributed by atoms with van der Waals surface area (Å²) in [6.45, 7) is 2.14. The topological polar surface area (TPSA) is 58.6 Å². The average Bonchev–Trinajstić information content (AvgIpc) is 2.80. The highest BCUT2D eigenvalue weighted by molar-refractivity contribution is 5.82. The van der Waals surface area contributed by atoms with Gasteiger partial charge in [0.25, 0.3) is 0 Å². The van der Waals surface area contributed by atoms with Crippen molar-refractivity contribution in [1.82, 2.24) is 5.32 Å². The molecule has 0 aromatic heterocycles. The number of esters is 1. The number of hydrogen-bond acceptors (Lipinski definition) is 4. The lowest BCUT2D eigenvalue weighted by atomic mass is 9.92. The van der Waals surface area contributed by atoms with Crippen molar-refractivity contribution in [3.8, 4) is 0 Å². The Morgan fingerprint density at radius 2 is 2.37 bits per heavy atom. The third kappa shape index (κ3) is 1.92. The van der Waals surface area contributed by atoms with Gasteiger partial charge in [-0.3, -0.25) is 0 Å². The maximum atomic E-state index is 11.4. The van der Waals surface area contributed by atoms with Crippen LogP contribution >= 0.6 is 0 Å². The van der Waals surface area contributed by atoms with Crippen LogP contribution in [0.25, 0.3) is 0 Å². The van der Waals surface area contributed by atoms with E-state index in [2.05, 4.69) is 5.32 Å². The molecule has 2 N–H and O–H groups in total. The molecule has 0 bridgehead atoms. The Labute approximate surface area is 112 Å². The minimum absolute atomic E-state index is 0.0504. The molecule has 2 unspecified atom stereocenters. The van der Waals surface area contributed by atoms with E-state index in [1.165, 1.54) is 11.6 Å². The highest BCUT2D eigenvalue weighted by Crippen LogP contribution is 2.45. The second-order valence-electron chi connectivity index (χ2n) is 5.08. The van der Waals surface area contributed by atoms with Crippen molar-refractivity contribution in [3.05, 3.63) is 47.2 Å². The minimum Gasteiger partial charge on any atom is -0.463 e. The van der Waals surface area contributed by atoms with Gasteiger partial charge < -0.3 is 15.2 Å². The van der Waals surface area contributed by atoms with E-state index in [4.69, 9.17) is 4.74 Å². The molecular formula is C15H17NO3. The molecular weight excluding hydrogens is 242 g/mol. The van der Waals surface area contributed by atoms with Crippen LogP contribution < -0.4 is 5.32 Å². The summed E-state index contributed by atoms with van der Waals surface area (Å²) in [5, 5.41) is 14.1. The van der Waals surface area contributed by atoms with E-state index < -0.39 is 5.60 Å². The first-order valence-electron chi connectivity index (χ1n) is 6.58. The second-order valence-corrected chi connectivity index (χ2v) is 5.08. The molecule has 1 aliphatic heterocycles. The van der Waals surface area contributed by atoms with Gasteiger partial charge in [0, 0.05) is 18.2 Å². The summed E-state index contributed by atoms with van der Waals surface area (Å²) in [5.74, 6) is -0.359. The van der Waals surface area contributed by atoms with Crippen molar-refractivity contribution >= 4 is 5.97 Å². The largest absolute Gasteiger partial charge is 0.463 e. The number of rotatable bonds is 2. The van der Waals surface area contributed by atoms with Crippen molar-refractivity contribution in [2.75, 3.05) is 6.61 Å². The van der Waals surface area contributed by atoms with Gasteiger partial charge in [0.2, 0.25) is 0 Å². The Morgan fingerprint density at radius 3 is 3.16 bits per heavy atom. The quantitative estimate of drug-likeness (QED) is 0.619. The molecule has 3 rings (SSSR count). The predicted molar refractivity (Wildman–Crippen MR) is 70.3 cm³/mol. The lowest BCUT2D eigenvalue weighted by Gasteiger charge is -2.22. The van der Waals surface area contributed by atoms with Crippen molar-refractivity contribution in [2.24, 2.45) is 0 Å². The molecule has 0 radical (unpaired) electrons. The Bertz CT molecular complexity index is 552. The van der Waals surface area contributed by atoms with E-state index in [0.29, 0.717) is 13.0 Å². The summed E-state index contributed by atoms with van der Waals surface area (Å²) in [6, 6.07) is 7.88. The van der Waals surface area contributed by atoms with Crippen LogP contribution in [0.1, 0.15) is 24.5 Å². The first kappa shape index (κ1) is 12.2. The molecule has 19 heavy (non-hydrogen) atoms. The van der Waals surface area contributed by atoms with Gasteiger partial charge in [-0.25, -0.2) is 4.79 Å². The molecule has 1 fully saturated rings. The minimum atomic E-state index is -0.894. The summed E-state index contributed by atoms with van der Waals surface area (Å²) < 4.78 is 4.89. The number of hydrogen-bond donors (Lipinski definition) is 2. The summed E-state index contributed by atoms with van der Waals surface area (Å²) in [6.07, 6.45) is 2.67. The molecule has 2 aliphatic rings. The van der Waals surface area contributed by atoms with E-state index >= 15 is 0 Å². The van der Waals surface area contributed by atoms with Crippen LogP contribution in [0.3, 0.4) is 0 Å². The van der Waals surface area contributed by atoms with Crippen molar-refractivity contribution in [3.63, 3.8) is 0 Å². The molecule has 0 amide bonds. The van der Waals surface area contributed by atoms with Crippen LogP contribution in [-0.2, 0) is 21.6 Å². The lowest BCUT2D eigenvalue weighted by Crippen LogP contribution is -2.36. The zero-order chi connectivity index (χ0) is 13.5. The molecule has 1 aromatic carbocycles. The number of carbonyl (C=O) groups excluding carboxylic acids is 1. The fraction of sp³-hybridized carbons (Fsp3) is 0.400. The van der Waals surface area contributed by atoms with Crippen molar-refractivity contribution < 1.29 is 14.6 Å². The third-order valence-electron chi connectivity index (χ3n) is 3.88. The predicted octanol–water partition coefficient (Wildman–Crippen LogP) is 1.24. The Balaban J connectivity index is 1.86. The molecule has 2 atom stereocenters. The van der Waals surface area contributed by atoms with E-state index in [-0.39, 0.29) is 12.0 Å². The van der Waals surface area contributed by atoms with Crippen LogP contribution in [0.5, 0.6) is 0 Å². The highest BCUT2D eigenvalue weighted by Gasteiger charge is 2.50. The van der Waals surface area contributed by atoms with Gasteiger partial charge in [-0.05, 0) is 24.5 Å². The Morgan fingerprint density at radius 1 is 1.58 bits per heavy atom. The van der Waals surface area contributed by atoms with Crippen LogP contribution in [0.4, 0.5) is 0 Å².